The molecule has 0 saturated heterocycles. The van der Waals surface area contributed by atoms with Crippen molar-refractivity contribution >= 4 is 8.32 Å². The molecular formula is C34H58OSi. The zero-order valence-electron chi connectivity index (χ0n) is 25.5. The largest absolute Gasteiger partial charge is 0.414 e. The highest BCUT2D eigenvalue weighted by atomic mass is 28.4. The van der Waals surface area contributed by atoms with Crippen molar-refractivity contribution in [2.45, 2.75) is 131 Å². The minimum Gasteiger partial charge on any atom is -0.414 e. The lowest BCUT2D eigenvalue weighted by Gasteiger charge is -2.44. The first kappa shape index (κ1) is 29.7. The molecule has 1 nitrogen and oxygen atoms in total. The summed E-state index contributed by atoms with van der Waals surface area (Å²) in [5.74, 6) is 3.62. The lowest BCUT2D eigenvalue weighted by Crippen LogP contribution is -2.44. The molecule has 0 bridgehead atoms. The molecule has 0 heterocycles. The Morgan fingerprint density at radius 1 is 1.00 bits per heavy atom. The summed E-state index contributed by atoms with van der Waals surface area (Å²) >= 11 is 0. The van der Waals surface area contributed by atoms with Gasteiger partial charge in [0.05, 0.1) is 0 Å². The van der Waals surface area contributed by atoms with Gasteiger partial charge in [-0.1, -0.05) is 97.4 Å². The molecule has 0 aromatic carbocycles. The van der Waals surface area contributed by atoms with Crippen LogP contribution < -0.4 is 0 Å². The van der Waals surface area contributed by atoms with Gasteiger partial charge in [-0.15, -0.1) is 0 Å². The van der Waals surface area contributed by atoms with Crippen LogP contribution in [0, 0.1) is 35.0 Å². The third-order valence-corrected chi connectivity index (χ3v) is 15.4. The normalized spacial score (nSPS) is 34.1. The summed E-state index contributed by atoms with van der Waals surface area (Å²) in [6, 6.07) is 0. The van der Waals surface area contributed by atoms with Gasteiger partial charge in [0, 0.05) is 6.10 Å². The number of hydrogen-bond acceptors (Lipinski definition) is 1. The highest BCUT2D eigenvalue weighted by Crippen LogP contribution is 2.59. The van der Waals surface area contributed by atoms with E-state index in [2.05, 4.69) is 99.4 Å². The summed E-state index contributed by atoms with van der Waals surface area (Å²) in [4.78, 5) is 0. The van der Waals surface area contributed by atoms with Crippen LogP contribution in [-0.2, 0) is 4.43 Å². The van der Waals surface area contributed by atoms with Crippen LogP contribution in [0.15, 0.2) is 47.6 Å². The van der Waals surface area contributed by atoms with Gasteiger partial charge in [-0.05, 0) is 110 Å². The van der Waals surface area contributed by atoms with Crippen molar-refractivity contribution in [1.29, 1.82) is 0 Å². The van der Waals surface area contributed by atoms with Crippen molar-refractivity contribution in [3.8, 4) is 0 Å². The molecule has 6 atom stereocenters. The van der Waals surface area contributed by atoms with E-state index in [-0.39, 0.29) is 5.04 Å². The quantitative estimate of drug-likeness (QED) is 0.244. The zero-order valence-corrected chi connectivity index (χ0v) is 26.5. The summed E-state index contributed by atoms with van der Waals surface area (Å²) < 4.78 is 6.82. The molecule has 36 heavy (non-hydrogen) atoms. The number of fused-ring (bicyclic) bond motifs is 1. The van der Waals surface area contributed by atoms with Gasteiger partial charge in [0.2, 0.25) is 0 Å². The van der Waals surface area contributed by atoms with Crippen LogP contribution in [0.1, 0.15) is 107 Å². The van der Waals surface area contributed by atoms with E-state index in [0.29, 0.717) is 23.4 Å². The summed E-state index contributed by atoms with van der Waals surface area (Å²) in [6.07, 6.45) is 20.4. The van der Waals surface area contributed by atoms with Crippen molar-refractivity contribution in [1.82, 2.24) is 0 Å². The van der Waals surface area contributed by atoms with Crippen LogP contribution >= 0.6 is 0 Å². The molecule has 204 valence electrons. The Labute approximate surface area is 226 Å². The van der Waals surface area contributed by atoms with E-state index in [9.17, 15) is 0 Å². The lowest BCUT2D eigenvalue weighted by molar-refractivity contribution is 0.112. The molecule has 3 aliphatic carbocycles. The first-order chi connectivity index (χ1) is 16.7. The third kappa shape index (κ3) is 6.58. The molecule has 0 aromatic rings. The molecule has 3 fully saturated rings. The van der Waals surface area contributed by atoms with Crippen molar-refractivity contribution in [3.05, 3.63) is 47.6 Å². The molecule has 0 aromatic heterocycles. The zero-order chi connectivity index (χ0) is 26.9. The molecule has 3 saturated carbocycles. The fourth-order valence-corrected chi connectivity index (χ4v) is 8.31. The van der Waals surface area contributed by atoms with Crippen molar-refractivity contribution < 1.29 is 4.43 Å². The maximum Gasteiger partial charge on any atom is 0.192 e. The van der Waals surface area contributed by atoms with E-state index in [4.69, 9.17) is 4.43 Å². The van der Waals surface area contributed by atoms with E-state index in [1.807, 2.05) is 0 Å². The second-order valence-electron chi connectivity index (χ2n) is 14.7. The molecule has 2 heteroatoms. The molecule has 0 N–H and O–H groups in total. The Morgan fingerprint density at radius 3 is 2.33 bits per heavy atom. The maximum absolute atomic E-state index is 6.82. The average Bonchev–Trinajstić information content (AvgIpc) is 3.14. The van der Waals surface area contributed by atoms with E-state index in [0.717, 1.165) is 37.0 Å². The third-order valence-electron chi connectivity index (χ3n) is 10.9. The molecule has 1 unspecified atom stereocenters. The minimum atomic E-state index is -1.74. The highest BCUT2D eigenvalue weighted by molar-refractivity contribution is 6.74. The van der Waals surface area contributed by atoms with Gasteiger partial charge in [0.25, 0.3) is 0 Å². The Kier molecular flexibility index (Phi) is 9.47. The Bertz CT molecular complexity index is 866. The molecule has 3 rings (SSSR count). The van der Waals surface area contributed by atoms with Crippen LogP contribution in [0.5, 0.6) is 0 Å². The second kappa shape index (κ2) is 11.5. The van der Waals surface area contributed by atoms with Crippen molar-refractivity contribution in [2.75, 3.05) is 0 Å². The van der Waals surface area contributed by atoms with E-state index in [1.54, 1.807) is 5.57 Å². The summed E-state index contributed by atoms with van der Waals surface area (Å²) in [5.41, 5.74) is 4.94. The highest BCUT2D eigenvalue weighted by Gasteiger charge is 2.50. The number of hydrogen-bond donors (Lipinski definition) is 0. The van der Waals surface area contributed by atoms with Crippen LogP contribution in [0.25, 0.3) is 0 Å². The number of allylic oxidation sites excluding steroid dienone is 6. The van der Waals surface area contributed by atoms with Crippen LogP contribution in [-0.4, -0.2) is 14.4 Å². The summed E-state index contributed by atoms with van der Waals surface area (Å²) in [6.45, 7) is 28.4. The first-order valence-corrected chi connectivity index (χ1v) is 18.0. The Balaban J connectivity index is 1.73. The lowest BCUT2D eigenvalue weighted by atomic mass is 9.61. The van der Waals surface area contributed by atoms with Crippen molar-refractivity contribution in [2.24, 2.45) is 35.0 Å². The summed E-state index contributed by atoms with van der Waals surface area (Å²) in [7, 11) is -1.74. The SMILES string of the molecule is C=C1CCC(O[Si](C)(C)C(C)(C)C)C/C1=C\C=C1\CCC[C@]2(C)[C@@H]([C@H](C)C=C[C@H](C)C(C)C)CC[C@@H]12. The maximum atomic E-state index is 6.82. The van der Waals surface area contributed by atoms with Crippen LogP contribution in [0.4, 0.5) is 0 Å². The molecule has 0 amide bonds. The molecule has 0 spiro atoms. The smallest absolute Gasteiger partial charge is 0.192 e. The van der Waals surface area contributed by atoms with Gasteiger partial charge in [-0.25, -0.2) is 0 Å². The van der Waals surface area contributed by atoms with E-state index in [1.165, 1.54) is 43.3 Å². The topological polar surface area (TPSA) is 9.23 Å². The van der Waals surface area contributed by atoms with Crippen LogP contribution in [0.2, 0.25) is 18.1 Å². The predicted octanol–water partition coefficient (Wildman–Crippen LogP) is 10.7. The van der Waals surface area contributed by atoms with Gasteiger partial charge in [0.1, 0.15) is 0 Å². The predicted molar refractivity (Wildman–Crippen MR) is 162 cm³/mol. The van der Waals surface area contributed by atoms with E-state index < -0.39 is 8.32 Å². The second-order valence-corrected chi connectivity index (χ2v) is 19.5. The standard InChI is InChI=1S/C34H58OSi/c1-24(2)25(3)14-15-27(5)31-20-21-32-28(13-12-22-34(31,32)9)17-18-29-23-30(19-16-26(29)4)35-36(10,11)33(6,7)8/h14-15,17-18,24-25,27,30-32H,4,12-13,16,19-23H2,1-3,5-11H3/b15-14?,28-17-,29-18+/t25-,27+,30?,31+,32-,34+/m0/s1. The Hall–Kier alpha value is -0.863. The first-order valence-electron chi connectivity index (χ1n) is 15.1. The molecule has 0 radical (unpaired) electrons. The van der Waals surface area contributed by atoms with Gasteiger partial charge < -0.3 is 4.43 Å². The molecule has 0 aliphatic heterocycles. The Morgan fingerprint density at radius 2 is 1.69 bits per heavy atom. The fourth-order valence-electron chi connectivity index (χ4n) is 6.93. The van der Waals surface area contributed by atoms with Crippen LogP contribution in [0.3, 0.4) is 0 Å². The monoisotopic (exact) mass is 510 g/mol. The summed E-state index contributed by atoms with van der Waals surface area (Å²) in [5, 5.41) is 0.262. The van der Waals surface area contributed by atoms with Gasteiger partial charge in [-0.2, -0.15) is 0 Å². The fraction of sp³-hybridized carbons (Fsp3) is 0.765. The molecule has 3 aliphatic rings. The number of rotatable bonds is 7. The van der Waals surface area contributed by atoms with Crippen molar-refractivity contribution in [3.63, 3.8) is 0 Å². The van der Waals surface area contributed by atoms with Gasteiger partial charge >= 0.3 is 0 Å². The van der Waals surface area contributed by atoms with E-state index >= 15 is 0 Å². The van der Waals surface area contributed by atoms with Gasteiger partial charge in [-0.3, -0.25) is 0 Å². The average molecular weight is 511 g/mol. The van der Waals surface area contributed by atoms with Gasteiger partial charge in [0.15, 0.2) is 8.32 Å². The minimum absolute atomic E-state index is 0.262. The molecular weight excluding hydrogens is 452 g/mol.